The zero-order chi connectivity index (χ0) is 15.3. The zero-order valence-corrected chi connectivity index (χ0v) is 12.6. The van der Waals surface area contributed by atoms with Crippen LogP contribution in [0.1, 0.15) is 13.3 Å². The molecule has 4 atom stereocenters. The topological polar surface area (TPSA) is 122 Å². The third-order valence-corrected chi connectivity index (χ3v) is 4.56. The molecule has 0 aromatic carbocycles. The number of nitrogens with one attached hydrogen (secondary N) is 1. The van der Waals surface area contributed by atoms with Crippen molar-refractivity contribution in [3.63, 3.8) is 0 Å². The standard InChI is InChI=1S/C11H17N3O4S2/c1-5(15)8(11(18)19)6-2-7(20-4-13-3-12)9(14-6)10(16)17/h3,6-9,14H,2,4H2,1H3,(H2,12,13)(H,16,17)(H,18,19)/t6-,7-,8-,9-/m0/s1. The van der Waals surface area contributed by atoms with E-state index in [1.165, 1.54) is 18.7 Å². The van der Waals surface area contributed by atoms with Crippen molar-refractivity contribution >= 4 is 47.6 Å². The van der Waals surface area contributed by atoms with Crippen LogP contribution in [0.2, 0.25) is 0 Å². The number of aliphatic carboxylic acids is 1. The first-order chi connectivity index (χ1) is 9.38. The van der Waals surface area contributed by atoms with Crippen molar-refractivity contribution in [3.05, 3.63) is 0 Å². The Kier molecular flexibility index (Phi) is 6.50. The van der Waals surface area contributed by atoms with Crippen molar-refractivity contribution in [1.29, 1.82) is 0 Å². The number of nitrogens with zero attached hydrogens (tertiary/aromatic N) is 1. The maximum atomic E-state index is 11.5. The quantitative estimate of drug-likeness (QED) is 0.216. The number of hydrogen-bond acceptors (Lipinski definition) is 6. The third kappa shape index (κ3) is 4.22. The fourth-order valence-corrected chi connectivity index (χ4v) is 3.69. The summed E-state index contributed by atoms with van der Waals surface area (Å²) in [6.45, 7) is 1.30. The smallest absolute Gasteiger partial charge is 0.321 e. The molecule has 0 radical (unpaired) electrons. The average molecular weight is 319 g/mol. The molecule has 9 heteroatoms. The SMILES string of the molecule is CC(=O)[C@H](C(=O)S)[C@@H]1C[C@H](SC/N=C\N)[C@@H](C(=O)O)N1. The number of carboxylic acid groups (broad SMARTS) is 1. The third-order valence-electron chi connectivity index (χ3n) is 3.09. The fourth-order valence-electron chi connectivity index (χ4n) is 2.23. The molecule has 0 amide bonds. The number of carbonyl (C=O) groups excluding carboxylic acids is 2. The van der Waals surface area contributed by atoms with Crippen LogP contribution < -0.4 is 11.1 Å². The summed E-state index contributed by atoms with van der Waals surface area (Å²) in [6.07, 6.45) is 1.54. The molecule has 1 heterocycles. The van der Waals surface area contributed by atoms with Crippen LogP contribution in [0.25, 0.3) is 0 Å². The van der Waals surface area contributed by atoms with Gasteiger partial charge < -0.3 is 10.8 Å². The molecule has 112 valence electrons. The molecule has 1 saturated heterocycles. The van der Waals surface area contributed by atoms with Crippen LogP contribution in [0, 0.1) is 5.92 Å². The number of carbonyl (C=O) groups is 3. The molecule has 1 fully saturated rings. The van der Waals surface area contributed by atoms with Gasteiger partial charge in [-0.2, -0.15) is 0 Å². The van der Waals surface area contributed by atoms with E-state index >= 15 is 0 Å². The summed E-state index contributed by atoms with van der Waals surface area (Å²) in [7, 11) is 0. The van der Waals surface area contributed by atoms with E-state index in [0.717, 1.165) is 6.34 Å². The monoisotopic (exact) mass is 319 g/mol. The Bertz CT molecular complexity index is 416. The van der Waals surface area contributed by atoms with E-state index in [1.54, 1.807) is 0 Å². The number of thioether (sulfide) groups is 1. The van der Waals surface area contributed by atoms with Gasteiger partial charge in [0.1, 0.15) is 17.7 Å². The van der Waals surface area contributed by atoms with Crippen LogP contribution in [0.5, 0.6) is 0 Å². The number of rotatable bonds is 7. The molecule has 0 bridgehead atoms. The van der Waals surface area contributed by atoms with Crippen LogP contribution >= 0.6 is 24.4 Å². The number of aliphatic imine (C=N–C) groups is 1. The van der Waals surface area contributed by atoms with Gasteiger partial charge in [-0.15, -0.1) is 24.4 Å². The minimum atomic E-state index is -1.02. The zero-order valence-electron chi connectivity index (χ0n) is 10.9. The molecular formula is C11H17N3O4S2. The Balaban J connectivity index is 2.80. The maximum Gasteiger partial charge on any atom is 0.321 e. The van der Waals surface area contributed by atoms with Crippen LogP contribution in [0.3, 0.4) is 0 Å². The lowest BCUT2D eigenvalue weighted by atomic mass is 9.96. The minimum Gasteiger partial charge on any atom is -0.480 e. The summed E-state index contributed by atoms with van der Waals surface area (Å²) < 4.78 is 0. The largest absolute Gasteiger partial charge is 0.480 e. The summed E-state index contributed by atoms with van der Waals surface area (Å²) in [5.74, 6) is -1.93. The van der Waals surface area contributed by atoms with E-state index in [4.69, 9.17) is 5.73 Å². The van der Waals surface area contributed by atoms with Gasteiger partial charge in [-0.25, -0.2) is 0 Å². The lowest BCUT2D eigenvalue weighted by Gasteiger charge is -2.18. The van der Waals surface area contributed by atoms with E-state index in [-0.39, 0.29) is 11.0 Å². The van der Waals surface area contributed by atoms with Crippen LogP contribution in [-0.2, 0) is 14.4 Å². The highest BCUT2D eigenvalue weighted by atomic mass is 32.2. The summed E-state index contributed by atoms with van der Waals surface area (Å²) >= 11 is 5.03. The Morgan fingerprint density at radius 3 is 2.70 bits per heavy atom. The number of carboxylic acids is 1. The van der Waals surface area contributed by atoms with Crippen molar-refractivity contribution in [1.82, 2.24) is 5.32 Å². The Morgan fingerprint density at radius 1 is 1.60 bits per heavy atom. The van der Waals surface area contributed by atoms with Crippen molar-refractivity contribution in [3.8, 4) is 0 Å². The molecule has 4 N–H and O–H groups in total. The number of Topliss-reactive ketones (excluding diaryl/α,β-unsaturated/α-hetero) is 1. The van der Waals surface area contributed by atoms with Gasteiger partial charge in [0.15, 0.2) is 5.12 Å². The number of nitrogens with two attached hydrogens (primary N) is 1. The van der Waals surface area contributed by atoms with E-state index in [1.807, 2.05) is 0 Å². The lowest BCUT2D eigenvalue weighted by Crippen LogP contribution is -2.44. The minimum absolute atomic E-state index is 0.282. The second-order valence-corrected chi connectivity index (χ2v) is 6.05. The van der Waals surface area contributed by atoms with Crippen molar-refractivity contribution < 1.29 is 19.5 Å². The summed E-state index contributed by atoms with van der Waals surface area (Å²) in [5, 5.41) is 11.2. The van der Waals surface area contributed by atoms with Crippen molar-refractivity contribution in [2.24, 2.45) is 16.6 Å². The lowest BCUT2D eigenvalue weighted by molar-refractivity contribution is -0.139. The molecule has 0 aromatic heterocycles. The molecule has 0 aromatic rings. The van der Waals surface area contributed by atoms with Gasteiger partial charge in [-0.05, 0) is 13.3 Å². The summed E-state index contributed by atoms with van der Waals surface area (Å²) in [4.78, 5) is 38.0. The Morgan fingerprint density at radius 2 is 2.25 bits per heavy atom. The molecule has 1 aliphatic heterocycles. The Labute approximate surface area is 126 Å². The number of thiol groups is 1. The van der Waals surface area contributed by atoms with Gasteiger partial charge in [0, 0.05) is 11.3 Å². The average Bonchev–Trinajstić information content (AvgIpc) is 2.72. The van der Waals surface area contributed by atoms with E-state index < -0.39 is 29.1 Å². The van der Waals surface area contributed by atoms with E-state index in [9.17, 15) is 19.5 Å². The maximum absolute atomic E-state index is 11.5. The van der Waals surface area contributed by atoms with Crippen molar-refractivity contribution in [2.75, 3.05) is 5.88 Å². The van der Waals surface area contributed by atoms with Gasteiger partial charge in [0.25, 0.3) is 0 Å². The predicted octanol–water partition coefficient (Wildman–Crippen LogP) is -0.491. The molecule has 20 heavy (non-hydrogen) atoms. The first-order valence-electron chi connectivity index (χ1n) is 5.92. The van der Waals surface area contributed by atoms with Gasteiger partial charge in [0.2, 0.25) is 0 Å². The molecule has 1 rings (SSSR count). The van der Waals surface area contributed by atoms with Gasteiger partial charge in [-0.1, -0.05) is 0 Å². The second-order valence-electron chi connectivity index (χ2n) is 4.42. The van der Waals surface area contributed by atoms with E-state index in [0.29, 0.717) is 12.3 Å². The second kappa shape index (κ2) is 7.65. The highest BCUT2D eigenvalue weighted by Gasteiger charge is 2.44. The molecule has 0 unspecified atom stereocenters. The van der Waals surface area contributed by atoms with Gasteiger partial charge in [-0.3, -0.25) is 24.7 Å². The molecular weight excluding hydrogens is 302 g/mol. The predicted molar refractivity (Wildman–Crippen MR) is 80.1 cm³/mol. The van der Waals surface area contributed by atoms with Gasteiger partial charge in [0.05, 0.1) is 12.2 Å². The van der Waals surface area contributed by atoms with E-state index in [2.05, 4.69) is 22.9 Å². The summed E-state index contributed by atoms with van der Waals surface area (Å²) in [6, 6.07) is -1.34. The highest BCUT2D eigenvalue weighted by Crippen LogP contribution is 2.30. The molecule has 0 spiro atoms. The molecule has 1 aliphatic rings. The Hall–Kier alpha value is -1.06. The summed E-state index contributed by atoms with van der Waals surface area (Å²) in [5.41, 5.74) is 5.13. The first kappa shape index (κ1) is 17.0. The normalized spacial score (nSPS) is 27.6. The molecule has 0 saturated carbocycles. The number of hydrogen-bond donors (Lipinski definition) is 4. The first-order valence-corrected chi connectivity index (χ1v) is 7.41. The van der Waals surface area contributed by atoms with Crippen molar-refractivity contribution in [2.45, 2.75) is 30.7 Å². The molecule has 7 nitrogen and oxygen atoms in total. The number of ketones is 1. The van der Waals surface area contributed by atoms with Crippen LogP contribution in [-0.4, -0.2) is 51.5 Å². The fraction of sp³-hybridized carbons (Fsp3) is 0.636. The van der Waals surface area contributed by atoms with Crippen LogP contribution in [0.4, 0.5) is 0 Å². The highest BCUT2D eigenvalue weighted by molar-refractivity contribution is 8.00. The molecule has 0 aliphatic carbocycles. The van der Waals surface area contributed by atoms with Gasteiger partial charge >= 0.3 is 5.97 Å². The van der Waals surface area contributed by atoms with Crippen LogP contribution in [0.15, 0.2) is 4.99 Å².